The lowest BCUT2D eigenvalue weighted by molar-refractivity contribution is -0.384. The second-order valence-corrected chi connectivity index (χ2v) is 4.77. The Balaban J connectivity index is 2.54. The van der Waals surface area contributed by atoms with Gasteiger partial charge in [0.05, 0.1) is 4.92 Å². The molecule has 0 saturated heterocycles. The molecule has 19 heavy (non-hydrogen) atoms. The Morgan fingerprint density at radius 2 is 1.95 bits per heavy atom. The number of benzene rings is 1. The van der Waals surface area contributed by atoms with Gasteiger partial charge >= 0.3 is 0 Å². The van der Waals surface area contributed by atoms with Crippen molar-refractivity contribution in [2.24, 2.45) is 0 Å². The van der Waals surface area contributed by atoms with Crippen LogP contribution in [0.3, 0.4) is 0 Å². The summed E-state index contributed by atoms with van der Waals surface area (Å²) >= 11 is 3.34. The van der Waals surface area contributed by atoms with E-state index in [0.29, 0.717) is 18.1 Å². The summed E-state index contributed by atoms with van der Waals surface area (Å²) in [7, 11) is 0. The third-order valence-corrected chi connectivity index (χ3v) is 3.07. The molecule has 0 spiro atoms. The van der Waals surface area contributed by atoms with Crippen LogP contribution in [0.1, 0.15) is 6.92 Å². The highest BCUT2D eigenvalue weighted by molar-refractivity contribution is 9.10. The number of halogens is 1. The number of aromatic nitrogens is 1. The topological polar surface area (TPSA) is 68.1 Å². The number of rotatable bonds is 4. The maximum absolute atomic E-state index is 11.1. The van der Waals surface area contributed by atoms with Gasteiger partial charge in [-0.15, -0.1) is 0 Å². The molecule has 0 saturated carbocycles. The third-order valence-electron chi connectivity index (χ3n) is 2.55. The smallest absolute Gasteiger partial charge is 0.295 e. The van der Waals surface area contributed by atoms with Crippen molar-refractivity contribution in [1.29, 1.82) is 0 Å². The summed E-state index contributed by atoms with van der Waals surface area (Å²) in [5.74, 6) is 0.631. The summed E-state index contributed by atoms with van der Waals surface area (Å²) in [5, 5.41) is 14.1. The van der Waals surface area contributed by atoms with E-state index in [4.69, 9.17) is 0 Å². The Kier molecular flexibility index (Phi) is 4.11. The highest BCUT2D eigenvalue weighted by atomic mass is 79.9. The van der Waals surface area contributed by atoms with E-state index in [0.717, 1.165) is 10.0 Å². The minimum atomic E-state index is -0.417. The van der Waals surface area contributed by atoms with Crippen molar-refractivity contribution < 1.29 is 4.92 Å². The highest BCUT2D eigenvalue weighted by Crippen LogP contribution is 2.30. The van der Waals surface area contributed by atoms with Gasteiger partial charge in [-0.3, -0.25) is 10.1 Å². The van der Waals surface area contributed by atoms with Gasteiger partial charge in [-0.1, -0.05) is 28.1 Å². The van der Waals surface area contributed by atoms with Crippen LogP contribution in [0.4, 0.5) is 11.5 Å². The molecule has 2 aromatic rings. The summed E-state index contributed by atoms with van der Waals surface area (Å²) < 4.78 is 0.918. The van der Waals surface area contributed by atoms with E-state index < -0.39 is 4.92 Å². The fraction of sp³-hybridized carbons (Fsp3) is 0.154. The molecule has 0 aliphatic rings. The Morgan fingerprint density at radius 3 is 2.53 bits per heavy atom. The quantitative estimate of drug-likeness (QED) is 0.686. The van der Waals surface area contributed by atoms with Gasteiger partial charge < -0.3 is 5.32 Å². The fourth-order valence-electron chi connectivity index (χ4n) is 1.70. The van der Waals surface area contributed by atoms with Crippen molar-refractivity contribution in [2.75, 3.05) is 11.9 Å². The monoisotopic (exact) mass is 321 g/mol. The van der Waals surface area contributed by atoms with Gasteiger partial charge in [0.2, 0.25) is 0 Å². The van der Waals surface area contributed by atoms with E-state index in [-0.39, 0.29) is 5.69 Å². The number of hydrogen-bond donors (Lipinski definition) is 1. The van der Waals surface area contributed by atoms with Crippen LogP contribution in [-0.2, 0) is 0 Å². The first kappa shape index (κ1) is 13.5. The van der Waals surface area contributed by atoms with E-state index in [1.807, 2.05) is 19.1 Å². The zero-order valence-electron chi connectivity index (χ0n) is 10.3. The minimum absolute atomic E-state index is 0.00368. The molecule has 0 aliphatic heterocycles. The van der Waals surface area contributed by atoms with E-state index in [9.17, 15) is 10.1 Å². The maximum Gasteiger partial charge on any atom is 0.295 e. The van der Waals surface area contributed by atoms with Gasteiger partial charge in [0, 0.05) is 22.6 Å². The Hall–Kier alpha value is -1.95. The summed E-state index contributed by atoms with van der Waals surface area (Å²) in [6.07, 6.45) is 0. The van der Waals surface area contributed by atoms with Crippen molar-refractivity contribution in [3.63, 3.8) is 0 Å². The second-order valence-electron chi connectivity index (χ2n) is 3.86. The third kappa shape index (κ3) is 3.08. The summed E-state index contributed by atoms with van der Waals surface area (Å²) in [6.45, 7) is 2.66. The normalized spacial score (nSPS) is 10.2. The first-order valence-corrected chi connectivity index (χ1v) is 6.56. The van der Waals surface area contributed by atoms with Crippen molar-refractivity contribution in [3.05, 3.63) is 51.0 Å². The average Bonchev–Trinajstić information content (AvgIpc) is 2.39. The number of nitrogens with one attached hydrogen (secondary N) is 1. The van der Waals surface area contributed by atoms with Crippen LogP contribution in [0.2, 0.25) is 0 Å². The zero-order chi connectivity index (χ0) is 13.8. The van der Waals surface area contributed by atoms with E-state index >= 15 is 0 Å². The Morgan fingerprint density at radius 1 is 1.26 bits per heavy atom. The Labute approximate surface area is 119 Å². The lowest BCUT2D eigenvalue weighted by atomic mass is 10.1. The molecule has 0 amide bonds. The zero-order valence-corrected chi connectivity index (χ0v) is 11.8. The number of nitro groups is 1. The first-order chi connectivity index (χ1) is 9.11. The van der Waals surface area contributed by atoms with E-state index in [1.54, 1.807) is 18.2 Å². The molecule has 0 fully saturated rings. The van der Waals surface area contributed by atoms with Crippen LogP contribution in [-0.4, -0.2) is 16.5 Å². The largest absolute Gasteiger partial charge is 0.370 e. The van der Waals surface area contributed by atoms with Crippen LogP contribution in [0.15, 0.2) is 40.9 Å². The molecular formula is C13H12BrN3O2. The Bertz CT molecular complexity index is 599. The minimum Gasteiger partial charge on any atom is -0.370 e. The van der Waals surface area contributed by atoms with E-state index in [1.165, 1.54) is 6.07 Å². The van der Waals surface area contributed by atoms with Crippen LogP contribution in [0.25, 0.3) is 11.3 Å². The van der Waals surface area contributed by atoms with Gasteiger partial charge in [-0.25, -0.2) is 4.98 Å². The maximum atomic E-state index is 11.1. The fourth-order valence-corrected chi connectivity index (χ4v) is 1.96. The number of hydrogen-bond acceptors (Lipinski definition) is 4. The van der Waals surface area contributed by atoms with Gasteiger partial charge in [0.1, 0.15) is 5.82 Å². The van der Waals surface area contributed by atoms with Crippen molar-refractivity contribution in [2.45, 2.75) is 6.92 Å². The standard InChI is InChI=1S/C13H12BrN3O2/c1-2-15-12-8-7-11(17(18)19)13(16-12)9-3-5-10(14)6-4-9/h3-8H,2H2,1H3,(H,15,16). The van der Waals surface area contributed by atoms with Crippen molar-refractivity contribution in [3.8, 4) is 11.3 Å². The lowest BCUT2D eigenvalue weighted by Gasteiger charge is -2.06. The molecule has 6 heteroatoms. The molecule has 0 unspecified atom stereocenters. The molecule has 0 bridgehead atoms. The molecular weight excluding hydrogens is 310 g/mol. The molecule has 0 aliphatic carbocycles. The van der Waals surface area contributed by atoms with Gasteiger partial charge in [-0.05, 0) is 25.1 Å². The SMILES string of the molecule is CCNc1ccc([N+](=O)[O-])c(-c2ccc(Br)cc2)n1. The van der Waals surface area contributed by atoms with Gasteiger partial charge in [0.25, 0.3) is 5.69 Å². The average molecular weight is 322 g/mol. The highest BCUT2D eigenvalue weighted by Gasteiger charge is 2.17. The molecule has 1 heterocycles. The van der Waals surface area contributed by atoms with Crippen LogP contribution in [0.5, 0.6) is 0 Å². The molecule has 1 N–H and O–H groups in total. The number of nitrogens with zero attached hydrogens (tertiary/aromatic N) is 2. The second kappa shape index (κ2) is 5.79. The summed E-state index contributed by atoms with van der Waals surface area (Å²) in [6, 6.07) is 10.4. The summed E-state index contributed by atoms with van der Waals surface area (Å²) in [4.78, 5) is 15.0. The molecule has 2 rings (SSSR count). The van der Waals surface area contributed by atoms with Crippen molar-refractivity contribution in [1.82, 2.24) is 4.98 Å². The van der Waals surface area contributed by atoms with Gasteiger partial charge in [-0.2, -0.15) is 0 Å². The van der Waals surface area contributed by atoms with Crippen LogP contribution in [0, 0.1) is 10.1 Å². The van der Waals surface area contributed by atoms with Gasteiger partial charge in [0.15, 0.2) is 5.69 Å². The van der Waals surface area contributed by atoms with Crippen LogP contribution >= 0.6 is 15.9 Å². The molecule has 5 nitrogen and oxygen atoms in total. The molecule has 0 atom stereocenters. The molecule has 98 valence electrons. The number of pyridine rings is 1. The molecule has 1 aromatic heterocycles. The predicted molar refractivity (Wildman–Crippen MR) is 78.2 cm³/mol. The molecule has 1 aromatic carbocycles. The number of anilines is 1. The summed E-state index contributed by atoms with van der Waals surface area (Å²) in [5.41, 5.74) is 1.09. The van der Waals surface area contributed by atoms with Crippen LogP contribution < -0.4 is 5.32 Å². The molecule has 0 radical (unpaired) electrons. The van der Waals surface area contributed by atoms with E-state index in [2.05, 4.69) is 26.2 Å². The predicted octanol–water partition coefficient (Wildman–Crippen LogP) is 3.85. The van der Waals surface area contributed by atoms with Crippen molar-refractivity contribution >= 4 is 27.4 Å². The first-order valence-electron chi connectivity index (χ1n) is 5.77. The lowest BCUT2D eigenvalue weighted by Crippen LogP contribution is -2.02.